The fourth-order valence-corrected chi connectivity index (χ4v) is 4.85. The zero-order valence-electron chi connectivity index (χ0n) is 14.6. The lowest BCUT2D eigenvalue weighted by atomic mass is 10.3. The van der Waals surface area contributed by atoms with Crippen molar-refractivity contribution in [3.05, 3.63) is 48.7 Å². The Morgan fingerprint density at radius 3 is 1.83 bits per heavy atom. The van der Waals surface area contributed by atoms with Crippen LogP contribution in [0, 0.1) is 0 Å². The van der Waals surface area contributed by atoms with Crippen molar-refractivity contribution in [2.24, 2.45) is 0 Å². The standard InChI is InChI=1S/C10H14O2Si.C8H12O2Si/c1-4-13(2,3)9-7-5-6-8(11)10(9)12;1-11(2)7-5-3-4-6(9)8(7)10/h4-7,11-12H,1H2,2-3H3;3-5,9-11H,1-2H3. The summed E-state index contributed by atoms with van der Waals surface area (Å²) in [6.07, 6.45) is 0. The average Bonchev–Trinajstić information content (AvgIpc) is 2.53. The van der Waals surface area contributed by atoms with Crippen molar-refractivity contribution in [1.29, 1.82) is 0 Å². The molecule has 0 aliphatic rings. The first-order chi connectivity index (χ1) is 11.1. The fraction of sp³-hybridized carbons (Fsp3) is 0.222. The molecule has 0 unspecified atom stereocenters. The molecule has 0 saturated carbocycles. The SMILES string of the molecule is C=C[Si](C)(C)c1cccc(O)c1O.C[SiH](C)c1cccc(O)c1O. The molecule has 0 fully saturated rings. The highest BCUT2D eigenvalue weighted by Gasteiger charge is 2.23. The molecule has 0 aliphatic heterocycles. The first-order valence-electron chi connectivity index (χ1n) is 7.77. The first-order valence-corrected chi connectivity index (χ1v) is 13.7. The number of hydrogen-bond acceptors (Lipinski definition) is 4. The van der Waals surface area contributed by atoms with E-state index < -0.39 is 16.9 Å². The second-order valence-electron chi connectivity index (χ2n) is 6.47. The van der Waals surface area contributed by atoms with Crippen molar-refractivity contribution in [3.63, 3.8) is 0 Å². The number of hydrogen-bond donors (Lipinski definition) is 4. The zero-order valence-corrected chi connectivity index (χ0v) is 16.8. The lowest BCUT2D eigenvalue weighted by molar-refractivity contribution is 0.406. The average molecular weight is 363 g/mol. The summed E-state index contributed by atoms with van der Waals surface area (Å²) in [7, 11) is -2.78. The Hall–Kier alpha value is -2.19. The van der Waals surface area contributed by atoms with Crippen LogP contribution in [0.25, 0.3) is 0 Å². The summed E-state index contributed by atoms with van der Waals surface area (Å²) < 4.78 is 0. The second-order valence-corrected chi connectivity index (χ2v) is 13.8. The first kappa shape index (κ1) is 19.9. The molecule has 0 amide bonds. The minimum absolute atomic E-state index is 0.000864. The fourth-order valence-electron chi connectivity index (χ4n) is 2.18. The van der Waals surface area contributed by atoms with E-state index in [0.29, 0.717) is 0 Å². The van der Waals surface area contributed by atoms with Gasteiger partial charge >= 0.3 is 0 Å². The smallest absolute Gasteiger partial charge is 0.157 e. The van der Waals surface area contributed by atoms with Crippen LogP contribution in [0.15, 0.2) is 48.7 Å². The van der Waals surface area contributed by atoms with Gasteiger partial charge in [0.05, 0.1) is 8.80 Å². The van der Waals surface area contributed by atoms with Gasteiger partial charge < -0.3 is 20.4 Å². The molecule has 2 rings (SSSR count). The molecule has 0 bridgehead atoms. The molecular weight excluding hydrogens is 336 g/mol. The summed E-state index contributed by atoms with van der Waals surface area (Å²) in [4.78, 5) is 0. The predicted octanol–water partition coefficient (Wildman–Crippen LogP) is 2.53. The number of aromatic hydroxyl groups is 4. The van der Waals surface area contributed by atoms with Gasteiger partial charge in [0.2, 0.25) is 0 Å². The molecule has 4 nitrogen and oxygen atoms in total. The second kappa shape index (κ2) is 8.07. The summed E-state index contributed by atoms with van der Waals surface area (Å²) in [5, 5.41) is 39.1. The maximum atomic E-state index is 9.60. The minimum atomic E-state index is -1.78. The minimum Gasteiger partial charge on any atom is -0.504 e. The third-order valence-corrected chi connectivity index (χ3v) is 8.41. The molecule has 0 heterocycles. The molecule has 4 N–H and O–H groups in total. The third-order valence-electron chi connectivity index (χ3n) is 3.89. The molecule has 0 radical (unpaired) electrons. The molecule has 0 saturated heterocycles. The van der Waals surface area contributed by atoms with Crippen molar-refractivity contribution in [3.8, 4) is 23.0 Å². The highest BCUT2D eigenvalue weighted by atomic mass is 28.3. The van der Waals surface area contributed by atoms with Crippen LogP contribution in [-0.2, 0) is 0 Å². The largest absolute Gasteiger partial charge is 0.504 e. The van der Waals surface area contributed by atoms with Gasteiger partial charge in [-0.05, 0) is 22.5 Å². The van der Waals surface area contributed by atoms with Crippen LogP contribution >= 0.6 is 0 Å². The topological polar surface area (TPSA) is 80.9 Å². The quantitative estimate of drug-likeness (QED) is 0.500. The van der Waals surface area contributed by atoms with E-state index in [0.717, 1.165) is 10.4 Å². The van der Waals surface area contributed by atoms with Crippen molar-refractivity contribution in [2.75, 3.05) is 0 Å². The summed E-state index contributed by atoms with van der Waals surface area (Å²) >= 11 is 0. The van der Waals surface area contributed by atoms with Crippen molar-refractivity contribution < 1.29 is 20.4 Å². The molecule has 0 spiro atoms. The van der Waals surface area contributed by atoms with E-state index in [9.17, 15) is 15.3 Å². The maximum absolute atomic E-state index is 9.60. The molecule has 0 aliphatic carbocycles. The summed E-state index contributed by atoms with van der Waals surface area (Å²) in [6, 6.07) is 10.2. The Kier molecular flexibility index (Phi) is 6.68. The Bertz CT molecular complexity index is 712. The van der Waals surface area contributed by atoms with Gasteiger partial charge in [0, 0.05) is 0 Å². The number of phenolic OH excluding ortho intramolecular Hbond substituents is 4. The van der Waals surface area contributed by atoms with E-state index in [1.807, 2.05) is 17.8 Å². The number of phenols is 4. The molecule has 2 aromatic rings. The van der Waals surface area contributed by atoms with Crippen LogP contribution in [0.4, 0.5) is 0 Å². The monoisotopic (exact) mass is 362 g/mol. The Morgan fingerprint density at radius 2 is 1.38 bits per heavy atom. The van der Waals surface area contributed by atoms with Crippen LogP contribution in [0.5, 0.6) is 23.0 Å². The lowest BCUT2D eigenvalue weighted by Crippen LogP contribution is -2.39. The van der Waals surface area contributed by atoms with E-state index in [1.54, 1.807) is 12.1 Å². The van der Waals surface area contributed by atoms with Crippen LogP contribution in [0.3, 0.4) is 0 Å². The summed E-state index contributed by atoms with van der Waals surface area (Å²) in [6.45, 7) is 12.1. The van der Waals surface area contributed by atoms with Crippen LogP contribution in [0.2, 0.25) is 26.2 Å². The van der Waals surface area contributed by atoms with Gasteiger partial charge in [-0.3, -0.25) is 0 Å². The van der Waals surface area contributed by atoms with Crippen LogP contribution < -0.4 is 10.4 Å². The van der Waals surface area contributed by atoms with Crippen molar-refractivity contribution >= 4 is 27.2 Å². The van der Waals surface area contributed by atoms with Gasteiger partial charge in [0.1, 0.15) is 8.07 Å². The van der Waals surface area contributed by atoms with Crippen molar-refractivity contribution in [1.82, 2.24) is 0 Å². The molecule has 24 heavy (non-hydrogen) atoms. The van der Waals surface area contributed by atoms with E-state index in [2.05, 4.69) is 32.8 Å². The van der Waals surface area contributed by atoms with Gasteiger partial charge in [0.25, 0.3) is 0 Å². The molecule has 6 heteroatoms. The third kappa shape index (κ3) is 4.66. The molecule has 0 atom stereocenters. The van der Waals surface area contributed by atoms with Gasteiger partial charge in [-0.1, -0.05) is 56.2 Å². The van der Waals surface area contributed by atoms with Gasteiger partial charge in [-0.15, -0.1) is 6.58 Å². The highest BCUT2D eigenvalue weighted by Crippen LogP contribution is 2.24. The zero-order chi connectivity index (χ0) is 18.5. The van der Waals surface area contributed by atoms with E-state index in [4.69, 9.17) is 5.11 Å². The Morgan fingerprint density at radius 1 is 0.875 bits per heavy atom. The molecule has 130 valence electrons. The van der Waals surface area contributed by atoms with Crippen molar-refractivity contribution in [2.45, 2.75) is 26.2 Å². The highest BCUT2D eigenvalue weighted by molar-refractivity contribution is 6.94. The molecule has 0 aromatic heterocycles. The van der Waals surface area contributed by atoms with Gasteiger partial charge in [-0.25, -0.2) is 0 Å². The lowest BCUT2D eigenvalue weighted by Gasteiger charge is -2.19. The van der Waals surface area contributed by atoms with Gasteiger partial charge in [-0.2, -0.15) is 0 Å². The number of para-hydroxylation sites is 2. The molecule has 2 aromatic carbocycles. The maximum Gasteiger partial charge on any atom is 0.157 e. The number of benzene rings is 2. The Labute approximate surface area is 146 Å². The summed E-state index contributed by atoms with van der Waals surface area (Å²) in [5.41, 5.74) is 1.88. The molecular formula is C18H26O4Si2. The van der Waals surface area contributed by atoms with E-state index >= 15 is 0 Å². The van der Waals surface area contributed by atoms with Crippen LogP contribution in [0.1, 0.15) is 0 Å². The predicted molar refractivity (Wildman–Crippen MR) is 105 cm³/mol. The van der Waals surface area contributed by atoms with Crippen LogP contribution in [-0.4, -0.2) is 37.3 Å². The summed E-state index contributed by atoms with van der Waals surface area (Å²) in [5.74, 6) is -0.00291. The number of rotatable bonds is 3. The van der Waals surface area contributed by atoms with E-state index in [-0.39, 0.29) is 23.0 Å². The normalized spacial score (nSPS) is 10.9. The van der Waals surface area contributed by atoms with E-state index in [1.165, 1.54) is 12.1 Å². The Balaban J connectivity index is 0.000000243. The van der Waals surface area contributed by atoms with Gasteiger partial charge in [0.15, 0.2) is 23.0 Å².